The Morgan fingerprint density at radius 2 is 1.94 bits per heavy atom. The third-order valence-electron chi connectivity index (χ3n) is 2.76. The van der Waals surface area contributed by atoms with Crippen molar-refractivity contribution in [2.45, 2.75) is 32.1 Å². The molecule has 0 spiro atoms. The maximum absolute atomic E-state index is 10.6. The normalized spacial score (nSPS) is 11.7. The van der Waals surface area contributed by atoms with Gasteiger partial charge in [0.15, 0.2) is 0 Å². The Labute approximate surface area is 102 Å². The van der Waals surface area contributed by atoms with E-state index in [1.54, 1.807) is 0 Å². The van der Waals surface area contributed by atoms with Crippen molar-refractivity contribution in [1.29, 1.82) is 5.26 Å². The van der Waals surface area contributed by atoms with Crippen LogP contribution in [0, 0.1) is 17.2 Å². The molecule has 0 aromatic heterocycles. The summed E-state index contributed by atoms with van der Waals surface area (Å²) in [5, 5.41) is 17.3. The van der Waals surface area contributed by atoms with Crippen molar-refractivity contribution in [1.82, 2.24) is 0 Å². The summed E-state index contributed by atoms with van der Waals surface area (Å²) in [6, 6.07) is 12.0. The van der Waals surface area contributed by atoms with Gasteiger partial charge < -0.3 is 5.11 Å². The number of unbranched alkanes of at least 4 members (excludes halogenated alkanes) is 2. The summed E-state index contributed by atoms with van der Waals surface area (Å²) in [5.41, 5.74) is 1.31. The summed E-state index contributed by atoms with van der Waals surface area (Å²) >= 11 is 0. The average Bonchev–Trinajstić information content (AvgIpc) is 2.34. The first kappa shape index (κ1) is 13.2. The second-order valence-corrected chi connectivity index (χ2v) is 4.10. The van der Waals surface area contributed by atoms with Gasteiger partial charge in [0, 0.05) is 0 Å². The van der Waals surface area contributed by atoms with Crippen LogP contribution in [0.15, 0.2) is 30.3 Å². The molecule has 0 aliphatic heterocycles. The molecule has 1 aromatic rings. The molecule has 0 bridgehead atoms. The zero-order valence-corrected chi connectivity index (χ0v) is 9.80. The quantitative estimate of drug-likeness (QED) is 0.734. The second-order valence-electron chi connectivity index (χ2n) is 4.10. The van der Waals surface area contributed by atoms with Crippen molar-refractivity contribution < 1.29 is 9.90 Å². The zero-order valence-electron chi connectivity index (χ0n) is 9.80. The van der Waals surface area contributed by atoms with E-state index in [-0.39, 0.29) is 0 Å². The van der Waals surface area contributed by atoms with E-state index >= 15 is 0 Å². The number of carboxylic acid groups (broad SMARTS) is 1. The van der Waals surface area contributed by atoms with Crippen LogP contribution in [0.1, 0.15) is 31.2 Å². The van der Waals surface area contributed by atoms with Crippen LogP contribution in [0.2, 0.25) is 0 Å². The molecule has 1 atom stereocenters. The van der Waals surface area contributed by atoms with Crippen molar-refractivity contribution in [3.63, 3.8) is 0 Å². The fourth-order valence-electron chi connectivity index (χ4n) is 1.74. The summed E-state index contributed by atoms with van der Waals surface area (Å²) in [6.07, 6.45) is 4.30. The molecule has 0 fully saturated rings. The lowest BCUT2D eigenvalue weighted by Gasteiger charge is -2.04. The Bertz CT molecular complexity index is 381. The summed E-state index contributed by atoms with van der Waals surface area (Å²) in [5.74, 6) is -1.85. The van der Waals surface area contributed by atoms with E-state index in [2.05, 4.69) is 12.1 Å². The first-order valence-electron chi connectivity index (χ1n) is 5.90. The highest BCUT2D eigenvalue weighted by atomic mass is 16.4. The van der Waals surface area contributed by atoms with Gasteiger partial charge in [-0.1, -0.05) is 43.2 Å². The lowest BCUT2D eigenvalue weighted by atomic mass is 10.0. The number of hydrogen-bond donors (Lipinski definition) is 1. The molecular weight excluding hydrogens is 214 g/mol. The van der Waals surface area contributed by atoms with Gasteiger partial charge in [-0.15, -0.1) is 0 Å². The second kappa shape index (κ2) is 7.45. The minimum atomic E-state index is -1.00. The van der Waals surface area contributed by atoms with Crippen LogP contribution in [0.3, 0.4) is 0 Å². The minimum Gasteiger partial charge on any atom is -0.480 e. The third kappa shape index (κ3) is 5.17. The molecule has 0 aliphatic carbocycles. The van der Waals surface area contributed by atoms with Gasteiger partial charge in [0.2, 0.25) is 0 Å². The van der Waals surface area contributed by atoms with Crippen molar-refractivity contribution in [3.8, 4) is 6.07 Å². The average molecular weight is 231 g/mol. The highest BCUT2D eigenvalue weighted by Crippen LogP contribution is 2.11. The molecule has 0 saturated heterocycles. The standard InChI is InChI=1S/C14H17NO2/c15-11-13(14(16)17)10-6-2-5-9-12-7-3-1-4-8-12/h1,3-4,7-8,13H,2,5-6,9-10H2,(H,16,17). The highest BCUT2D eigenvalue weighted by Gasteiger charge is 2.14. The van der Waals surface area contributed by atoms with Crippen molar-refractivity contribution in [3.05, 3.63) is 35.9 Å². The van der Waals surface area contributed by atoms with Gasteiger partial charge >= 0.3 is 5.97 Å². The van der Waals surface area contributed by atoms with E-state index in [9.17, 15) is 4.79 Å². The number of carboxylic acids is 1. The number of nitrogens with zero attached hydrogens (tertiary/aromatic N) is 1. The van der Waals surface area contributed by atoms with Crippen molar-refractivity contribution in [2.24, 2.45) is 5.92 Å². The predicted molar refractivity (Wildman–Crippen MR) is 65.4 cm³/mol. The maximum Gasteiger partial charge on any atom is 0.320 e. The van der Waals surface area contributed by atoms with Gasteiger partial charge in [0.25, 0.3) is 0 Å². The fraction of sp³-hybridized carbons (Fsp3) is 0.429. The van der Waals surface area contributed by atoms with Crippen LogP contribution in [0.5, 0.6) is 0 Å². The molecule has 1 aromatic carbocycles. The Hall–Kier alpha value is -1.82. The summed E-state index contributed by atoms with van der Waals surface area (Å²) in [7, 11) is 0. The van der Waals surface area contributed by atoms with E-state index in [4.69, 9.17) is 10.4 Å². The first-order chi connectivity index (χ1) is 8.24. The fourth-order valence-corrected chi connectivity index (χ4v) is 1.74. The minimum absolute atomic E-state index is 0.459. The molecule has 0 heterocycles. The van der Waals surface area contributed by atoms with Crippen molar-refractivity contribution >= 4 is 5.97 Å². The van der Waals surface area contributed by atoms with E-state index in [0.717, 1.165) is 25.7 Å². The van der Waals surface area contributed by atoms with Crippen LogP contribution in [0.4, 0.5) is 0 Å². The van der Waals surface area contributed by atoms with Gasteiger partial charge in [-0.25, -0.2) is 0 Å². The number of rotatable bonds is 7. The number of aliphatic carboxylic acids is 1. The van der Waals surface area contributed by atoms with E-state index in [1.165, 1.54) is 5.56 Å². The Morgan fingerprint density at radius 1 is 1.24 bits per heavy atom. The lowest BCUT2D eigenvalue weighted by molar-refractivity contribution is -0.140. The van der Waals surface area contributed by atoms with Crippen LogP contribution in [-0.2, 0) is 11.2 Å². The van der Waals surface area contributed by atoms with E-state index < -0.39 is 11.9 Å². The molecule has 1 N–H and O–H groups in total. The smallest absolute Gasteiger partial charge is 0.320 e. The third-order valence-corrected chi connectivity index (χ3v) is 2.76. The molecule has 0 radical (unpaired) electrons. The molecule has 17 heavy (non-hydrogen) atoms. The molecule has 0 amide bonds. The van der Waals surface area contributed by atoms with Crippen LogP contribution >= 0.6 is 0 Å². The Kier molecular flexibility index (Phi) is 5.81. The number of benzene rings is 1. The molecule has 0 aliphatic rings. The van der Waals surface area contributed by atoms with Gasteiger partial charge in [-0.05, 0) is 24.8 Å². The Morgan fingerprint density at radius 3 is 2.53 bits per heavy atom. The lowest BCUT2D eigenvalue weighted by Crippen LogP contribution is -2.10. The molecule has 3 heteroatoms. The molecule has 1 unspecified atom stereocenters. The zero-order chi connectivity index (χ0) is 12.5. The van der Waals surface area contributed by atoms with Gasteiger partial charge in [0.05, 0.1) is 6.07 Å². The van der Waals surface area contributed by atoms with Gasteiger partial charge in [-0.2, -0.15) is 5.26 Å². The molecule has 3 nitrogen and oxygen atoms in total. The number of carbonyl (C=O) groups is 1. The van der Waals surface area contributed by atoms with Crippen LogP contribution < -0.4 is 0 Å². The number of hydrogen-bond acceptors (Lipinski definition) is 2. The number of nitriles is 1. The van der Waals surface area contributed by atoms with Crippen LogP contribution in [0.25, 0.3) is 0 Å². The van der Waals surface area contributed by atoms with Crippen molar-refractivity contribution in [2.75, 3.05) is 0 Å². The summed E-state index contributed by atoms with van der Waals surface area (Å²) < 4.78 is 0. The molecule has 90 valence electrons. The topological polar surface area (TPSA) is 61.1 Å². The highest BCUT2D eigenvalue weighted by molar-refractivity contribution is 5.72. The largest absolute Gasteiger partial charge is 0.480 e. The maximum atomic E-state index is 10.6. The van der Waals surface area contributed by atoms with Gasteiger partial charge in [-0.3, -0.25) is 4.79 Å². The predicted octanol–water partition coefficient (Wildman–Crippen LogP) is 3.01. The SMILES string of the molecule is N#CC(CCCCCc1ccccc1)C(=O)O. The van der Waals surface area contributed by atoms with Crippen LogP contribution in [-0.4, -0.2) is 11.1 Å². The summed E-state index contributed by atoms with van der Waals surface area (Å²) in [6.45, 7) is 0. The first-order valence-corrected chi connectivity index (χ1v) is 5.90. The molecule has 0 saturated carbocycles. The van der Waals surface area contributed by atoms with Gasteiger partial charge in [0.1, 0.15) is 5.92 Å². The molecular formula is C14H17NO2. The monoisotopic (exact) mass is 231 g/mol. The van der Waals surface area contributed by atoms with E-state index in [0.29, 0.717) is 6.42 Å². The molecule has 1 rings (SSSR count). The van der Waals surface area contributed by atoms with E-state index in [1.807, 2.05) is 24.3 Å². The number of aryl methyl sites for hydroxylation is 1. The Balaban J connectivity index is 2.13. The summed E-state index contributed by atoms with van der Waals surface area (Å²) in [4.78, 5) is 10.6.